The lowest BCUT2D eigenvalue weighted by molar-refractivity contribution is -0.138. The predicted molar refractivity (Wildman–Crippen MR) is 129 cm³/mol. The largest absolute Gasteiger partial charge is 0.481 e. The lowest BCUT2D eigenvalue weighted by atomic mass is 9.78. The summed E-state index contributed by atoms with van der Waals surface area (Å²) in [4.78, 5) is 13.5. The van der Waals surface area contributed by atoms with Crippen LogP contribution in [0, 0.1) is 23.7 Å². The Morgan fingerprint density at radius 1 is 1.29 bits per heavy atom. The molecule has 1 heterocycles. The van der Waals surface area contributed by atoms with E-state index in [0.29, 0.717) is 35.0 Å². The van der Waals surface area contributed by atoms with Crippen LogP contribution in [0.4, 0.5) is 13.2 Å². The van der Waals surface area contributed by atoms with Gasteiger partial charge >= 0.3 is 12.1 Å². The molecule has 2 aliphatic rings. The summed E-state index contributed by atoms with van der Waals surface area (Å²) >= 11 is 12.5. The number of allylic oxidation sites excluding steroid dienone is 4. The maximum atomic E-state index is 13.1. The van der Waals surface area contributed by atoms with E-state index < -0.39 is 23.8 Å². The highest BCUT2D eigenvalue weighted by Gasteiger charge is 2.39. The Hall–Kier alpha value is -2.20. The van der Waals surface area contributed by atoms with Crippen LogP contribution in [0.5, 0.6) is 0 Å². The number of likely N-dealkylation sites (tertiary alicyclic amines) is 1. The standard InChI is InChI=1S/C26H26Cl2F3NO2/c1-16(2)3-8-23(19-13-21(27)15-22(28)14-19)32-10-9-17(12-25(33)34)11-24(32)18-4-6-20(7-5-18)26(29,30)31/h4,6-7,13-15,17-18,23-24H,1,5,9-12H2,2H3,(H,33,34)/t17-,18?,23-,24+/m0/s1. The highest BCUT2D eigenvalue weighted by Crippen LogP contribution is 2.40. The minimum atomic E-state index is -4.40. The fourth-order valence-electron chi connectivity index (χ4n) is 4.68. The Bertz CT molecular complexity index is 1050. The monoisotopic (exact) mass is 511 g/mol. The van der Waals surface area contributed by atoms with E-state index in [0.717, 1.165) is 11.6 Å². The molecule has 0 amide bonds. The molecule has 1 aliphatic carbocycles. The number of aliphatic carboxylic acids is 1. The predicted octanol–water partition coefficient (Wildman–Crippen LogP) is 7.23. The van der Waals surface area contributed by atoms with Crippen LogP contribution in [0.15, 0.2) is 54.2 Å². The van der Waals surface area contributed by atoms with E-state index in [-0.39, 0.29) is 30.7 Å². The van der Waals surface area contributed by atoms with Crippen molar-refractivity contribution in [1.82, 2.24) is 4.90 Å². The number of alkyl halides is 3. The molecule has 4 atom stereocenters. The molecule has 1 unspecified atom stereocenters. The molecule has 0 saturated carbocycles. The van der Waals surface area contributed by atoms with Gasteiger partial charge in [0, 0.05) is 29.1 Å². The SMILES string of the molecule is C=C(C)C#C[C@@H](c1cc(Cl)cc(Cl)c1)N1CC[C@H](CC(=O)O)C[C@@H]1C1C=CC(C(F)(F)F)=CC1. The van der Waals surface area contributed by atoms with Gasteiger partial charge in [-0.3, -0.25) is 9.69 Å². The van der Waals surface area contributed by atoms with Gasteiger partial charge in [-0.1, -0.05) is 59.8 Å². The number of piperidine rings is 1. The van der Waals surface area contributed by atoms with Crippen molar-refractivity contribution >= 4 is 29.2 Å². The molecule has 8 heteroatoms. The van der Waals surface area contributed by atoms with E-state index in [2.05, 4.69) is 23.3 Å². The van der Waals surface area contributed by atoms with E-state index >= 15 is 0 Å². The number of carboxylic acids is 1. The zero-order chi connectivity index (χ0) is 25.0. The number of carbonyl (C=O) groups is 1. The molecule has 34 heavy (non-hydrogen) atoms. The van der Waals surface area contributed by atoms with Gasteiger partial charge in [0.2, 0.25) is 0 Å². The van der Waals surface area contributed by atoms with Crippen molar-refractivity contribution < 1.29 is 23.1 Å². The lowest BCUT2D eigenvalue weighted by Crippen LogP contribution is -2.48. The summed E-state index contributed by atoms with van der Waals surface area (Å²) in [5, 5.41) is 10.2. The molecular formula is C26H26Cl2F3NO2. The Morgan fingerprint density at radius 2 is 1.97 bits per heavy atom. The van der Waals surface area contributed by atoms with Crippen molar-refractivity contribution in [3.63, 3.8) is 0 Å². The van der Waals surface area contributed by atoms with Crippen molar-refractivity contribution in [3.05, 3.63) is 69.8 Å². The van der Waals surface area contributed by atoms with E-state index in [1.54, 1.807) is 31.2 Å². The molecular weight excluding hydrogens is 486 g/mol. The molecule has 1 fully saturated rings. The molecule has 3 rings (SSSR count). The van der Waals surface area contributed by atoms with Crippen LogP contribution in [-0.2, 0) is 4.79 Å². The van der Waals surface area contributed by atoms with Crippen molar-refractivity contribution in [1.29, 1.82) is 0 Å². The maximum Gasteiger partial charge on any atom is 0.416 e. The first-order chi connectivity index (χ1) is 15.9. The summed E-state index contributed by atoms with van der Waals surface area (Å²) in [7, 11) is 0. The highest BCUT2D eigenvalue weighted by atomic mass is 35.5. The first kappa shape index (κ1) is 26.4. The third kappa shape index (κ3) is 6.91. The molecule has 0 aromatic heterocycles. The average Bonchev–Trinajstić information content (AvgIpc) is 2.73. The summed E-state index contributed by atoms with van der Waals surface area (Å²) < 4.78 is 39.4. The summed E-state index contributed by atoms with van der Waals surface area (Å²) in [6.07, 6.45) is 0.953. The molecule has 3 nitrogen and oxygen atoms in total. The normalized spacial score (nSPS) is 24.1. The molecule has 1 saturated heterocycles. The van der Waals surface area contributed by atoms with E-state index in [1.165, 1.54) is 6.08 Å². The second kappa shape index (κ2) is 11.0. The minimum Gasteiger partial charge on any atom is -0.481 e. The number of carboxylic acid groups (broad SMARTS) is 1. The molecule has 0 spiro atoms. The lowest BCUT2D eigenvalue weighted by Gasteiger charge is -2.45. The number of hydrogen-bond donors (Lipinski definition) is 1. The molecule has 0 bridgehead atoms. The van der Waals surface area contributed by atoms with Crippen LogP contribution >= 0.6 is 23.2 Å². The van der Waals surface area contributed by atoms with Crippen LogP contribution in [0.25, 0.3) is 0 Å². The number of halogens is 5. The quantitative estimate of drug-likeness (QED) is 0.423. The Morgan fingerprint density at radius 3 is 2.50 bits per heavy atom. The summed E-state index contributed by atoms with van der Waals surface area (Å²) in [6.45, 7) is 6.19. The van der Waals surface area contributed by atoms with Gasteiger partial charge in [-0.05, 0) is 67.4 Å². The third-order valence-electron chi connectivity index (χ3n) is 6.17. The second-order valence-electron chi connectivity index (χ2n) is 8.86. The average molecular weight is 512 g/mol. The molecule has 1 N–H and O–H groups in total. The minimum absolute atomic E-state index is 0.0233. The van der Waals surface area contributed by atoms with Gasteiger partial charge in [-0.25, -0.2) is 0 Å². The van der Waals surface area contributed by atoms with Gasteiger partial charge < -0.3 is 5.11 Å². The topological polar surface area (TPSA) is 40.5 Å². The Labute approximate surface area is 207 Å². The Balaban J connectivity index is 1.99. The molecule has 1 aliphatic heterocycles. The Kier molecular flexibility index (Phi) is 8.57. The second-order valence-corrected chi connectivity index (χ2v) is 9.74. The summed E-state index contributed by atoms with van der Waals surface area (Å²) in [5.41, 5.74) is 0.790. The summed E-state index contributed by atoms with van der Waals surface area (Å²) in [6, 6.07) is 4.56. The summed E-state index contributed by atoms with van der Waals surface area (Å²) in [5.74, 6) is 5.10. The van der Waals surface area contributed by atoms with Crippen molar-refractivity contribution in [2.45, 2.75) is 50.9 Å². The van der Waals surface area contributed by atoms with E-state index in [9.17, 15) is 23.1 Å². The maximum absolute atomic E-state index is 13.1. The smallest absolute Gasteiger partial charge is 0.416 e. The van der Waals surface area contributed by atoms with Crippen molar-refractivity contribution in [2.24, 2.45) is 11.8 Å². The molecule has 1 aromatic rings. The van der Waals surface area contributed by atoms with Gasteiger partial charge in [-0.2, -0.15) is 13.2 Å². The zero-order valence-corrected chi connectivity index (χ0v) is 20.2. The highest BCUT2D eigenvalue weighted by molar-refractivity contribution is 6.34. The van der Waals surface area contributed by atoms with Gasteiger partial charge in [0.25, 0.3) is 0 Å². The molecule has 1 aromatic carbocycles. The number of rotatable bonds is 5. The van der Waals surface area contributed by atoms with Gasteiger partial charge in [0.15, 0.2) is 0 Å². The van der Waals surface area contributed by atoms with Crippen LogP contribution in [0.1, 0.15) is 44.2 Å². The molecule has 182 valence electrons. The van der Waals surface area contributed by atoms with E-state index in [4.69, 9.17) is 23.2 Å². The van der Waals surface area contributed by atoms with Crippen molar-refractivity contribution in [3.8, 4) is 11.8 Å². The van der Waals surface area contributed by atoms with Gasteiger partial charge in [-0.15, -0.1) is 0 Å². The number of nitrogens with zero attached hydrogens (tertiary/aromatic N) is 1. The number of benzene rings is 1. The van der Waals surface area contributed by atoms with Crippen LogP contribution in [-0.4, -0.2) is 34.7 Å². The number of hydrogen-bond acceptors (Lipinski definition) is 2. The van der Waals surface area contributed by atoms with Gasteiger partial charge in [0.1, 0.15) is 0 Å². The first-order valence-corrected chi connectivity index (χ1v) is 11.8. The fraction of sp³-hybridized carbons (Fsp3) is 0.423. The third-order valence-corrected chi connectivity index (χ3v) is 6.61. The van der Waals surface area contributed by atoms with Crippen LogP contribution in [0.2, 0.25) is 10.0 Å². The molecule has 0 radical (unpaired) electrons. The van der Waals surface area contributed by atoms with Crippen molar-refractivity contribution in [2.75, 3.05) is 6.54 Å². The fourth-order valence-corrected chi connectivity index (χ4v) is 5.22. The van der Waals surface area contributed by atoms with Gasteiger partial charge in [0.05, 0.1) is 11.6 Å². The first-order valence-electron chi connectivity index (χ1n) is 11.0. The van der Waals surface area contributed by atoms with Crippen LogP contribution in [0.3, 0.4) is 0 Å². The van der Waals surface area contributed by atoms with Crippen LogP contribution < -0.4 is 0 Å². The zero-order valence-electron chi connectivity index (χ0n) is 18.7. The van der Waals surface area contributed by atoms with E-state index in [1.807, 2.05) is 0 Å².